The first-order valence-electron chi connectivity index (χ1n) is 8.06. The fraction of sp³-hybridized carbons (Fsp3) is 0.750. The van der Waals surface area contributed by atoms with Crippen molar-refractivity contribution in [3.8, 4) is 0 Å². The quantitative estimate of drug-likeness (QED) is 0.780. The van der Waals surface area contributed by atoms with E-state index < -0.39 is 0 Å². The van der Waals surface area contributed by atoms with Gasteiger partial charge in [-0.05, 0) is 33.6 Å². The Morgan fingerprint density at radius 3 is 2.62 bits per heavy atom. The van der Waals surface area contributed by atoms with Crippen LogP contribution in [0.5, 0.6) is 0 Å². The molecule has 1 aliphatic heterocycles. The van der Waals surface area contributed by atoms with Gasteiger partial charge in [-0.25, -0.2) is 0 Å². The highest BCUT2D eigenvalue weighted by Gasteiger charge is 2.31. The topological polar surface area (TPSA) is 45.4 Å². The van der Waals surface area contributed by atoms with Crippen LogP contribution < -0.4 is 0 Å². The van der Waals surface area contributed by atoms with E-state index in [1.165, 1.54) is 18.4 Å². The van der Waals surface area contributed by atoms with Gasteiger partial charge < -0.3 is 4.52 Å². The maximum absolute atomic E-state index is 5.46. The molecule has 0 N–H and O–H groups in total. The smallest absolute Gasteiger partial charge is 0.243 e. The number of nitrogens with zero attached hydrogens (tertiary/aromatic N) is 4. The molecule has 1 aliphatic carbocycles. The average molecular weight is 290 g/mol. The Morgan fingerprint density at radius 2 is 2.00 bits per heavy atom. The predicted molar refractivity (Wildman–Crippen MR) is 82.1 cm³/mol. The van der Waals surface area contributed by atoms with Crippen LogP contribution in [-0.2, 0) is 0 Å². The van der Waals surface area contributed by atoms with Gasteiger partial charge in [-0.1, -0.05) is 16.8 Å². The van der Waals surface area contributed by atoms with Crippen molar-refractivity contribution < 1.29 is 4.52 Å². The molecule has 5 nitrogen and oxygen atoms in total. The molecule has 0 aromatic carbocycles. The number of piperazine rings is 1. The molecule has 2 heterocycles. The van der Waals surface area contributed by atoms with E-state index >= 15 is 0 Å². The van der Waals surface area contributed by atoms with E-state index in [1.54, 1.807) is 0 Å². The minimum atomic E-state index is 0.232. The third-order valence-electron chi connectivity index (χ3n) is 4.47. The van der Waals surface area contributed by atoms with Crippen molar-refractivity contribution in [1.29, 1.82) is 0 Å². The highest BCUT2D eigenvalue weighted by atomic mass is 16.5. The van der Waals surface area contributed by atoms with Gasteiger partial charge in [0.25, 0.3) is 0 Å². The molecule has 0 radical (unpaired) electrons. The van der Waals surface area contributed by atoms with Gasteiger partial charge in [0.1, 0.15) is 0 Å². The summed E-state index contributed by atoms with van der Waals surface area (Å²) in [6.45, 7) is 11.9. The van der Waals surface area contributed by atoms with Crippen LogP contribution in [0.15, 0.2) is 16.2 Å². The minimum absolute atomic E-state index is 0.232. The lowest BCUT2D eigenvalue weighted by atomic mass is 10.2. The second-order valence-corrected chi connectivity index (χ2v) is 6.56. The SMILES string of the molecule is CC(C)=CCN1CCN([C@@H](C)c2nc(C3CC3)no2)CC1. The third-order valence-corrected chi connectivity index (χ3v) is 4.47. The first kappa shape index (κ1) is 14.7. The zero-order chi connectivity index (χ0) is 14.8. The molecule has 1 atom stereocenters. The van der Waals surface area contributed by atoms with Gasteiger partial charge in [0.05, 0.1) is 6.04 Å². The molecule has 2 fully saturated rings. The van der Waals surface area contributed by atoms with E-state index in [4.69, 9.17) is 4.52 Å². The van der Waals surface area contributed by atoms with Crippen molar-refractivity contribution in [2.24, 2.45) is 0 Å². The van der Waals surface area contributed by atoms with E-state index in [1.807, 2.05) is 0 Å². The summed E-state index contributed by atoms with van der Waals surface area (Å²) in [4.78, 5) is 9.53. The molecular formula is C16H26N4O. The standard InChI is InChI=1S/C16H26N4O/c1-12(2)6-7-19-8-10-20(11-9-19)13(3)16-17-15(18-21-16)14-4-5-14/h6,13-14H,4-5,7-11H2,1-3H3/t13-/m0/s1. The van der Waals surface area contributed by atoms with Crippen molar-refractivity contribution in [2.45, 2.75) is 45.6 Å². The summed E-state index contributed by atoms with van der Waals surface area (Å²) in [5.74, 6) is 2.27. The zero-order valence-electron chi connectivity index (χ0n) is 13.4. The Balaban J connectivity index is 1.52. The monoisotopic (exact) mass is 290 g/mol. The molecule has 116 valence electrons. The van der Waals surface area contributed by atoms with Crippen LogP contribution in [0.3, 0.4) is 0 Å². The lowest BCUT2D eigenvalue weighted by molar-refractivity contribution is 0.0946. The van der Waals surface area contributed by atoms with Gasteiger partial charge in [0, 0.05) is 38.6 Å². The Labute approximate surface area is 127 Å². The lowest BCUT2D eigenvalue weighted by Gasteiger charge is -2.36. The van der Waals surface area contributed by atoms with Crippen LogP contribution in [-0.4, -0.2) is 52.7 Å². The Kier molecular flexibility index (Phi) is 4.40. The predicted octanol–water partition coefficient (Wildman–Crippen LogP) is 2.59. The molecule has 21 heavy (non-hydrogen) atoms. The first-order chi connectivity index (χ1) is 10.1. The summed E-state index contributed by atoms with van der Waals surface area (Å²) in [6.07, 6.45) is 4.74. The molecule has 1 aromatic heterocycles. The van der Waals surface area contributed by atoms with E-state index in [0.29, 0.717) is 5.92 Å². The van der Waals surface area contributed by atoms with Gasteiger partial charge in [0.15, 0.2) is 5.82 Å². The molecule has 0 spiro atoms. The molecule has 0 unspecified atom stereocenters. The maximum Gasteiger partial charge on any atom is 0.243 e. The van der Waals surface area contributed by atoms with Crippen LogP contribution in [0.25, 0.3) is 0 Å². The first-order valence-corrected chi connectivity index (χ1v) is 8.06. The molecular weight excluding hydrogens is 264 g/mol. The summed E-state index contributed by atoms with van der Waals surface area (Å²) < 4.78 is 5.46. The molecule has 3 rings (SSSR count). The summed E-state index contributed by atoms with van der Waals surface area (Å²) in [5, 5.41) is 4.13. The van der Waals surface area contributed by atoms with E-state index in [-0.39, 0.29) is 6.04 Å². The maximum atomic E-state index is 5.46. The highest BCUT2D eigenvalue weighted by Crippen LogP contribution is 2.38. The van der Waals surface area contributed by atoms with Crippen LogP contribution in [0, 0.1) is 0 Å². The minimum Gasteiger partial charge on any atom is -0.338 e. The van der Waals surface area contributed by atoms with Crippen molar-refractivity contribution in [3.63, 3.8) is 0 Å². The van der Waals surface area contributed by atoms with Crippen LogP contribution in [0.4, 0.5) is 0 Å². The normalized spacial score (nSPS) is 22.2. The van der Waals surface area contributed by atoms with Crippen LogP contribution >= 0.6 is 0 Å². The lowest BCUT2D eigenvalue weighted by Crippen LogP contribution is -2.47. The summed E-state index contributed by atoms with van der Waals surface area (Å²) >= 11 is 0. The molecule has 1 aromatic rings. The molecule has 5 heteroatoms. The van der Waals surface area contributed by atoms with Crippen LogP contribution in [0.2, 0.25) is 0 Å². The van der Waals surface area contributed by atoms with Gasteiger partial charge in [-0.2, -0.15) is 4.98 Å². The Hall–Kier alpha value is -1.20. The second-order valence-electron chi connectivity index (χ2n) is 6.56. The fourth-order valence-corrected chi connectivity index (χ4v) is 2.73. The van der Waals surface area contributed by atoms with E-state index in [0.717, 1.165) is 44.4 Å². The third kappa shape index (κ3) is 3.71. The number of aromatic nitrogens is 2. The van der Waals surface area contributed by atoms with E-state index in [9.17, 15) is 0 Å². The fourth-order valence-electron chi connectivity index (χ4n) is 2.73. The average Bonchev–Trinajstić information content (AvgIpc) is 3.22. The molecule has 0 amide bonds. The zero-order valence-corrected chi connectivity index (χ0v) is 13.4. The molecule has 1 saturated carbocycles. The number of hydrogen-bond donors (Lipinski definition) is 0. The molecule has 2 aliphatic rings. The number of hydrogen-bond acceptors (Lipinski definition) is 5. The summed E-state index contributed by atoms with van der Waals surface area (Å²) in [5.41, 5.74) is 1.39. The van der Waals surface area contributed by atoms with Crippen LogP contribution in [0.1, 0.15) is 57.3 Å². The van der Waals surface area contributed by atoms with E-state index in [2.05, 4.69) is 46.8 Å². The summed E-state index contributed by atoms with van der Waals surface area (Å²) in [7, 11) is 0. The number of rotatable bonds is 5. The van der Waals surface area contributed by atoms with Crippen molar-refractivity contribution in [3.05, 3.63) is 23.4 Å². The Morgan fingerprint density at radius 1 is 1.29 bits per heavy atom. The van der Waals surface area contributed by atoms with Gasteiger partial charge in [-0.15, -0.1) is 0 Å². The van der Waals surface area contributed by atoms with Crippen molar-refractivity contribution in [1.82, 2.24) is 19.9 Å². The van der Waals surface area contributed by atoms with Gasteiger partial charge in [0.2, 0.25) is 5.89 Å². The Bertz CT molecular complexity index is 494. The largest absolute Gasteiger partial charge is 0.338 e. The van der Waals surface area contributed by atoms with Crippen molar-refractivity contribution >= 4 is 0 Å². The highest BCUT2D eigenvalue weighted by molar-refractivity contribution is 5.05. The van der Waals surface area contributed by atoms with Crippen molar-refractivity contribution in [2.75, 3.05) is 32.7 Å². The molecule has 0 bridgehead atoms. The molecule has 1 saturated heterocycles. The summed E-state index contributed by atoms with van der Waals surface area (Å²) in [6, 6.07) is 0.232. The van der Waals surface area contributed by atoms with Gasteiger partial charge >= 0.3 is 0 Å². The number of allylic oxidation sites excluding steroid dienone is 1. The second kappa shape index (κ2) is 6.28. The van der Waals surface area contributed by atoms with Gasteiger partial charge in [-0.3, -0.25) is 9.80 Å².